The third kappa shape index (κ3) is 6.51. The summed E-state index contributed by atoms with van der Waals surface area (Å²) in [5.74, 6) is 0.269. The molecule has 1 unspecified atom stereocenters. The summed E-state index contributed by atoms with van der Waals surface area (Å²) in [7, 11) is -2.57. The van der Waals surface area contributed by atoms with Gasteiger partial charge in [0.1, 0.15) is 11.2 Å². The Morgan fingerprint density at radius 1 is 0.443 bits per heavy atom. The molecule has 1 aromatic heterocycles. The highest BCUT2D eigenvalue weighted by Gasteiger charge is 2.42. The zero-order chi connectivity index (χ0) is 40.6. The Bertz CT molecular complexity index is 3110. The number of hydrogen-bond donors (Lipinski definition) is 0. The lowest BCUT2D eigenvalue weighted by atomic mass is 9.92. The van der Waals surface area contributed by atoms with E-state index in [-0.39, 0.29) is 5.92 Å². The van der Waals surface area contributed by atoms with E-state index in [0.717, 1.165) is 45.4 Å². The molecule has 0 radical (unpaired) electrons. The predicted molar refractivity (Wildman–Crippen MR) is 260 cm³/mol. The van der Waals surface area contributed by atoms with E-state index in [0.29, 0.717) is 0 Å². The number of nitrogens with zero attached hydrogens (tertiary/aromatic N) is 1. The van der Waals surface area contributed by atoms with Crippen molar-refractivity contribution in [2.45, 2.75) is 12.3 Å². The summed E-state index contributed by atoms with van der Waals surface area (Å²) in [5, 5.41) is 10.3. The van der Waals surface area contributed by atoms with Gasteiger partial charge < -0.3 is 9.32 Å². The van der Waals surface area contributed by atoms with Gasteiger partial charge in [-0.15, -0.1) is 0 Å². The Labute approximate surface area is 358 Å². The average molecular weight is 798 g/mol. The van der Waals surface area contributed by atoms with Crippen molar-refractivity contribution < 1.29 is 4.42 Å². The van der Waals surface area contributed by atoms with Gasteiger partial charge >= 0.3 is 0 Å². The van der Waals surface area contributed by atoms with Crippen LogP contribution in [0.4, 0.5) is 17.1 Å². The number of rotatable bonds is 9. The van der Waals surface area contributed by atoms with Crippen LogP contribution in [0.15, 0.2) is 252 Å². The third-order valence-corrected chi connectivity index (χ3v) is 17.4. The summed E-state index contributed by atoms with van der Waals surface area (Å²) >= 11 is 0. The fourth-order valence-electron chi connectivity index (χ4n) is 9.63. The van der Waals surface area contributed by atoms with Crippen molar-refractivity contribution >= 4 is 73.4 Å². The molecule has 1 aliphatic rings. The van der Waals surface area contributed by atoms with E-state index in [1.54, 1.807) is 0 Å². The van der Waals surface area contributed by atoms with Crippen molar-refractivity contribution in [2.24, 2.45) is 0 Å². The number of fused-ring (bicyclic) bond motifs is 4. The van der Waals surface area contributed by atoms with E-state index >= 15 is 0 Å². The maximum Gasteiger partial charge on any atom is 0.179 e. The van der Waals surface area contributed by atoms with Crippen LogP contribution in [-0.2, 0) is 0 Å². The summed E-state index contributed by atoms with van der Waals surface area (Å²) in [4.78, 5) is 2.40. The Morgan fingerprint density at radius 3 is 1.64 bits per heavy atom. The first kappa shape index (κ1) is 36.6. The molecule has 0 saturated carbocycles. The van der Waals surface area contributed by atoms with Crippen LogP contribution < -0.4 is 20.5 Å². The van der Waals surface area contributed by atoms with Gasteiger partial charge in [0.15, 0.2) is 8.07 Å². The van der Waals surface area contributed by atoms with E-state index < -0.39 is 8.07 Å². The third-order valence-electron chi connectivity index (χ3n) is 12.6. The lowest BCUT2D eigenvalue weighted by Crippen LogP contribution is -2.68. The number of hydrogen-bond acceptors (Lipinski definition) is 2. The molecule has 9 aromatic carbocycles. The molecule has 0 amide bonds. The van der Waals surface area contributed by atoms with E-state index in [9.17, 15) is 0 Å². The molecule has 61 heavy (non-hydrogen) atoms. The molecule has 1 atom stereocenters. The highest BCUT2D eigenvalue weighted by molar-refractivity contribution is 7.16. The standard InChI is InChI=1S/C58H43NOSi/c1-5-16-42(17-6-1)46-32-38-57-54(40-46)55-41-48(35-39-58(55)60-57)59(56-27-15-19-45-18-13-14-26-53(45)56)47-33-28-43(29-34-47)44-30-36-52(37-31-44)61(49-20-7-2-8-21-49,50-22-9-3-10-23-50)51-24-11-4-12-25-51/h1-30,32-41,44H,31H2. The first-order valence-corrected chi connectivity index (χ1v) is 23.2. The SMILES string of the molecule is C1=CC(c2ccc(N(c3ccc4oc5ccc(-c6ccccc6)cc5c4c3)c3cccc4ccccc34)cc2)CC=C1[Si](c1ccccc1)(c1ccccc1)c1ccccc1. The summed E-state index contributed by atoms with van der Waals surface area (Å²) in [6.07, 6.45) is 8.37. The highest BCUT2D eigenvalue weighted by atomic mass is 28.3. The molecule has 0 fully saturated rings. The zero-order valence-electron chi connectivity index (χ0n) is 33.7. The molecule has 0 N–H and O–H groups in total. The van der Waals surface area contributed by atoms with Crippen LogP contribution in [0.3, 0.4) is 0 Å². The topological polar surface area (TPSA) is 16.4 Å². The van der Waals surface area contributed by atoms with Crippen molar-refractivity contribution in [2.75, 3.05) is 4.90 Å². The van der Waals surface area contributed by atoms with Gasteiger partial charge in [-0.2, -0.15) is 0 Å². The molecular formula is C58H43NOSi. The van der Waals surface area contributed by atoms with Crippen LogP contribution in [0, 0.1) is 0 Å². The molecule has 0 spiro atoms. The minimum atomic E-state index is -2.57. The molecule has 11 rings (SSSR count). The number of allylic oxidation sites excluding steroid dienone is 4. The van der Waals surface area contributed by atoms with Gasteiger partial charge in [0.2, 0.25) is 0 Å². The molecule has 1 heterocycles. The molecular weight excluding hydrogens is 755 g/mol. The Hall–Kier alpha value is -7.46. The largest absolute Gasteiger partial charge is 0.456 e. The second-order valence-corrected chi connectivity index (χ2v) is 19.8. The first-order valence-electron chi connectivity index (χ1n) is 21.2. The molecule has 2 nitrogen and oxygen atoms in total. The van der Waals surface area contributed by atoms with E-state index in [2.05, 4.69) is 248 Å². The minimum Gasteiger partial charge on any atom is -0.456 e. The van der Waals surface area contributed by atoms with Crippen LogP contribution in [-0.4, -0.2) is 8.07 Å². The van der Waals surface area contributed by atoms with E-state index in [1.165, 1.54) is 48.2 Å². The second kappa shape index (κ2) is 15.6. The average Bonchev–Trinajstić information content (AvgIpc) is 3.71. The van der Waals surface area contributed by atoms with E-state index in [1.807, 2.05) is 0 Å². The van der Waals surface area contributed by atoms with Crippen LogP contribution >= 0.6 is 0 Å². The molecule has 10 aromatic rings. The number of furan rings is 1. The van der Waals surface area contributed by atoms with Gasteiger partial charge in [-0.05, 0) is 97.8 Å². The van der Waals surface area contributed by atoms with E-state index in [4.69, 9.17) is 4.42 Å². The van der Waals surface area contributed by atoms with Gasteiger partial charge in [0.25, 0.3) is 0 Å². The predicted octanol–water partition coefficient (Wildman–Crippen LogP) is 13.6. The Balaban J connectivity index is 0.978. The Kier molecular flexibility index (Phi) is 9.37. The van der Waals surface area contributed by atoms with Crippen molar-refractivity contribution in [1.82, 2.24) is 0 Å². The smallest absolute Gasteiger partial charge is 0.179 e. The molecule has 0 aliphatic heterocycles. The molecule has 1 aliphatic carbocycles. The lowest BCUT2D eigenvalue weighted by Gasteiger charge is -2.36. The molecule has 3 heteroatoms. The zero-order valence-corrected chi connectivity index (χ0v) is 34.7. The molecule has 0 saturated heterocycles. The fourth-order valence-corrected chi connectivity index (χ4v) is 14.5. The highest BCUT2D eigenvalue weighted by Crippen LogP contribution is 2.43. The van der Waals surface area contributed by atoms with Crippen molar-refractivity contribution in [3.8, 4) is 11.1 Å². The summed E-state index contributed by atoms with van der Waals surface area (Å²) < 4.78 is 6.42. The lowest BCUT2D eigenvalue weighted by molar-refractivity contribution is 0.669. The summed E-state index contributed by atoms with van der Waals surface area (Å²) in [5.41, 5.74) is 8.78. The van der Waals surface area contributed by atoms with Crippen molar-refractivity contribution in [3.05, 3.63) is 253 Å². The second-order valence-electron chi connectivity index (χ2n) is 16.0. The number of anilines is 3. The maximum absolute atomic E-state index is 6.42. The monoisotopic (exact) mass is 797 g/mol. The fraction of sp³-hybridized carbons (Fsp3) is 0.0345. The summed E-state index contributed by atoms with van der Waals surface area (Å²) in [6, 6.07) is 81.8. The molecule has 0 bridgehead atoms. The van der Waals surface area contributed by atoms with Crippen LogP contribution in [0.5, 0.6) is 0 Å². The maximum atomic E-state index is 6.42. The Morgan fingerprint density at radius 2 is 1.00 bits per heavy atom. The number of benzene rings is 9. The van der Waals surface area contributed by atoms with Gasteiger partial charge in [0.05, 0.1) is 5.69 Å². The first-order chi connectivity index (χ1) is 30.2. The van der Waals surface area contributed by atoms with Crippen molar-refractivity contribution in [3.63, 3.8) is 0 Å². The van der Waals surface area contributed by atoms with Gasteiger partial charge in [-0.1, -0.05) is 194 Å². The normalized spacial score (nSPS) is 14.0. The quantitative estimate of drug-likeness (QED) is 0.107. The minimum absolute atomic E-state index is 0.269. The summed E-state index contributed by atoms with van der Waals surface area (Å²) in [6.45, 7) is 0. The van der Waals surface area contributed by atoms with Crippen LogP contribution in [0.25, 0.3) is 43.8 Å². The van der Waals surface area contributed by atoms with Gasteiger partial charge in [0, 0.05) is 33.5 Å². The van der Waals surface area contributed by atoms with Gasteiger partial charge in [-0.25, -0.2) is 0 Å². The van der Waals surface area contributed by atoms with Crippen molar-refractivity contribution in [1.29, 1.82) is 0 Å². The van der Waals surface area contributed by atoms with Crippen LogP contribution in [0.2, 0.25) is 0 Å². The van der Waals surface area contributed by atoms with Crippen LogP contribution in [0.1, 0.15) is 17.9 Å². The van der Waals surface area contributed by atoms with Gasteiger partial charge in [-0.3, -0.25) is 0 Å². The molecule has 290 valence electrons.